The summed E-state index contributed by atoms with van der Waals surface area (Å²) in [6.07, 6.45) is 1.15. The van der Waals surface area contributed by atoms with Crippen molar-refractivity contribution in [2.24, 2.45) is 5.41 Å². The molecule has 1 fully saturated rings. The minimum atomic E-state index is 0.250. The Hall–Kier alpha value is -0.420. The van der Waals surface area contributed by atoms with Gasteiger partial charge in [-0.25, -0.2) is 0 Å². The quantitative estimate of drug-likeness (QED) is 0.812. The Kier molecular flexibility index (Phi) is 6.23. The van der Waals surface area contributed by atoms with Crippen LogP contribution in [0.2, 0.25) is 0 Å². The van der Waals surface area contributed by atoms with Gasteiger partial charge in [0.05, 0.1) is 6.61 Å². The Bertz CT molecular complexity index is 444. The van der Waals surface area contributed by atoms with Crippen molar-refractivity contribution >= 4 is 15.9 Å². The van der Waals surface area contributed by atoms with Crippen molar-refractivity contribution in [2.45, 2.75) is 32.9 Å². The molecular weight excluding hydrogens is 328 g/mol. The zero-order valence-electron chi connectivity index (χ0n) is 13.4. The first kappa shape index (κ1) is 16.9. The molecule has 21 heavy (non-hydrogen) atoms. The molecule has 0 bridgehead atoms. The SMILES string of the molecule is CC(C)NCC1(CN(C)Cc2ccccc2Br)CCOC1. The lowest BCUT2D eigenvalue weighted by molar-refractivity contribution is 0.115. The topological polar surface area (TPSA) is 24.5 Å². The number of nitrogens with zero attached hydrogens (tertiary/aromatic N) is 1. The Morgan fingerprint density at radius 2 is 2.14 bits per heavy atom. The molecule has 0 spiro atoms. The molecule has 3 nitrogen and oxygen atoms in total. The third-order valence-electron chi connectivity index (χ3n) is 4.07. The summed E-state index contributed by atoms with van der Waals surface area (Å²) in [6.45, 7) is 9.22. The Balaban J connectivity index is 1.95. The van der Waals surface area contributed by atoms with Crippen LogP contribution in [0.15, 0.2) is 28.7 Å². The molecule has 2 rings (SSSR count). The highest BCUT2D eigenvalue weighted by Gasteiger charge is 2.35. The van der Waals surface area contributed by atoms with Crippen LogP contribution in [0.3, 0.4) is 0 Å². The van der Waals surface area contributed by atoms with Gasteiger partial charge in [0.2, 0.25) is 0 Å². The molecule has 0 amide bonds. The van der Waals surface area contributed by atoms with Gasteiger partial charge < -0.3 is 15.0 Å². The molecule has 1 N–H and O–H groups in total. The lowest BCUT2D eigenvalue weighted by atomic mass is 9.86. The summed E-state index contributed by atoms with van der Waals surface area (Å²) in [5, 5.41) is 3.59. The number of ether oxygens (including phenoxy) is 1. The zero-order valence-corrected chi connectivity index (χ0v) is 14.9. The van der Waals surface area contributed by atoms with E-state index < -0.39 is 0 Å². The van der Waals surface area contributed by atoms with Gasteiger partial charge in [-0.15, -0.1) is 0 Å². The molecule has 4 heteroatoms. The summed E-state index contributed by atoms with van der Waals surface area (Å²) in [5.41, 5.74) is 1.59. The number of halogens is 1. The fourth-order valence-corrected chi connectivity index (χ4v) is 3.35. The average Bonchev–Trinajstić information content (AvgIpc) is 2.88. The van der Waals surface area contributed by atoms with E-state index in [0.717, 1.165) is 39.3 Å². The molecule has 0 aliphatic carbocycles. The molecular formula is C17H27BrN2O. The van der Waals surface area contributed by atoms with Crippen LogP contribution in [0.1, 0.15) is 25.8 Å². The summed E-state index contributed by atoms with van der Waals surface area (Å²) >= 11 is 3.64. The van der Waals surface area contributed by atoms with Crippen LogP contribution < -0.4 is 5.32 Å². The minimum Gasteiger partial charge on any atom is -0.381 e. The molecule has 0 radical (unpaired) electrons. The van der Waals surface area contributed by atoms with Gasteiger partial charge in [-0.3, -0.25) is 0 Å². The largest absolute Gasteiger partial charge is 0.381 e. The number of rotatable bonds is 7. The van der Waals surface area contributed by atoms with Gasteiger partial charge in [0.25, 0.3) is 0 Å². The van der Waals surface area contributed by atoms with E-state index in [0.29, 0.717) is 6.04 Å². The van der Waals surface area contributed by atoms with E-state index in [9.17, 15) is 0 Å². The van der Waals surface area contributed by atoms with Crippen LogP contribution in [-0.2, 0) is 11.3 Å². The van der Waals surface area contributed by atoms with Crippen molar-refractivity contribution in [3.05, 3.63) is 34.3 Å². The summed E-state index contributed by atoms with van der Waals surface area (Å²) in [7, 11) is 2.20. The Morgan fingerprint density at radius 1 is 1.38 bits per heavy atom. The first-order valence-corrected chi connectivity index (χ1v) is 8.53. The van der Waals surface area contributed by atoms with Crippen molar-refractivity contribution in [2.75, 3.05) is 33.4 Å². The Morgan fingerprint density at radius 3 is 2.76 bits per heavy atom. The second-order valence-corrected chi connectivity index (χ2v) is 7.46. The summed E-state index contributed by atoms with van der Waals surface area (Å²) < 4.78 is 6.88. The monoisotopic (exact) mass is 354 g/mol. The molecule has 1 aliphatic rings. The third-order valence-corrected chi connectivity index (χ3v) is 4.85. The first-order valence-electron chi connectivity index (χ1n) is 7.74. The van der Waals surface area contributed by atoms with Gasteiger partial charge in [-0.1, -0.05) is 48.0 Å². The summed E-state index contributed by atoms with van der Waals surface area (Å²) in [5.74, 6) is 0. The number of benzene rings is 1. The molecule has 0 saturated carbocycles. The summed E-state index contributed by atoms with van der Waals surface area (Å²) in [6, 6.07) is 8.98. The van der Waals surface area contributed by atoms with E-state index >= 15 is 0 Å². The molecule has 1 unspecified atom stereocenters. The summed E-state index contributed by atoms with van der Waals surface area (Å²) in [4.78, 5) is 2.41. The second kappa shape index (κ2) is 7.73. The van der Waals surface area contributed by atoms with Gasteiger partial charge in [0.1, 0.15) is 0 Å². The normalized spacial score (nSPS) is 22.4. The van der Waals surface area contributed by atoms with E-state index in [-0.39, 0.29) is 5.41 Å². The average molecular weight is 355 g/mol. The van der Waals surface area contributed by atoms with Gasteiger partial charge in [-0.2, -0.15) is 0 Å². The van der Waals surface area contributed by atoms with E-state index in [1.807, 2.05) is 0 Å². The lowest BCUT2D eigenvalue weighted by Crippen LogP contribution is -2.45. The molecule has 1 saturated heterocycles. The van der Waals surface area contributed by atoms with Crippen LogP contribution in [-0.4, -0.2) is 44.3 Å². The van der Waals surface area contributed by atoms with Gasteiger partial charge in [0, 0.05) is 42.2 Å². The standard InChI is InChI=1S/C17H27BrN2O/c1-14(2)19-11-17(8-9-21-13-17)12-20(3)10-15-6-4-5-7-16(15)18/h4-7,14,19H,8-13H2,1-3H3. The van der Waals surface area contributed by atoms with Gasteiger partial charge >= 0.3 is 0 Å². The number of nitrogens with one attached hydrogen (secondary N) is 1. The van der Waals surface area contributed by atoms with Crippen LogP contribution >= 0.6 is 15.9 Å². The predicted molar refractivity (Wildman–Crippen MR) is 91.5 cm³/mol. The molecule has 1 aliphatic heterocycles. The fourth-order valence-electron chi connectivity index (χ4n) is 2.94. The van der Waals surface area contributed by atoms with Crippen molar-refractivity contribution < 1.29 is 4.74 Å². The van der Waals surface area contributed by atoms with Crippen molar-refractivity contribution in [3.8, 4) is 0 Å². The number of hydrogen-bond donors (Lipinski definition) is 1. The van der Waals surface area contributed by atoms with Crippen molar-refractivity contribution in [3.63, 3.8) is 0 Å². The van der Waals surface area contributed by atoms with Gasteiger partial charge in [0.15, 0.2) is 0 Å². The van der Waals surface area contributed by atoms with Gasteiger partial charge in [-0.05, 0) is 25.1 Å². The highest BCUT2D eigenvalue weighted by Crippen LogP contribution is 2.30. The molecule has 1 atom stereocenters. The van der Waals surface area contributed by atoms with E-state index in [1.165, 1.54) is 10.0 Å². The maximum atomic E-state index is 5.69. The van der Waals surface area contributed by atoms with Crippen LogP contribution in [0.5, 0.6) is 0 Å². The molecule has 1 aromatic rings. The first-order chi connectivity index (χ1) is 10.0. The van der Waals surface area contributed by atoms with E-state index in [1.54, 1.807) is 0 Å². The second-order valence-electron chi connectivity index (χ2n) is 6.60. The third kappa shape index (κ3) is 5.06. The molecule has 1 heterocycles. The van der Waals surface area contributed by atoms with E-state index in [4.69, 9.17) is 4.74 Å². The van der Waals surface area contributed by atoms with E-state index in [2.05, 4.69) is 71.3 Å². The minimum absolute atomic E-state index is 0.250. The van der Waals surface area contributed by atoms with Crippen molar-refractivity contribution in [1.82, 2.24) is 10.2 Å². The fraction of sp³-hybridized carbons (Fsp3) is 0.647. The van der Waals surface area contributed by atoms with Crippen LogP contribution in [0, 0.1) is 5.41 Å². The molecule has 1 aromatic carbocycles. The van der Waals surface area contributed by atoms with Crippen LogP contribution in [0.25, 0.3) is 0 Å². The Labute approximate surface area is 137 Å². The maximum absolute atomic E-state index is 5.69. The smallest absolute Gasteiger partial charge is 0.0547 e. The molecule has 118 valence electrons. The zero-order chi connectivity index (χ0) is 15.3. The predicted octanol–water partition coefficient (Wildman–Crippen LogP) is 3.29. The maximum Gasteiger partial charge on any atom is 0.0547 e. The molecule has 0 aromatic heterocycles. The van der Waals surface area contributed by atoms with Crippen LogP contribution in [0.4, 0.5) is 0 Å². The lowest BCUT2D eigenvalue weighted by Gasteiger charge is -2.33. The van der Waals surface area contributed by atoms with Crippen molar-refractivity contribution in [1.29, 1.82) is 0 Å². The highest BCUT2D eigenvalue weighted by molar-refractivity contribution is 9.10. The highest BCUT2D eigenvalue weighted by atomic mass is 79.9. The number of hydrogen-bond acceptors (Lipinski definition) is 3.